The zero-order valence-electron chi connectivity index (χ0n) is 17.2. The number of carbonyl (C=O) groups is 2. The molecule has 1 aliphatic heterocycles. The SMILES string of the molecule is Cc1noc(C2CN(C(=O)Cc3ccc(Cl)cc3)CCCN2C(=O)c2ccccc2)n1. The third-order valence-corrected chi connectivity index (χ3v) is 5.58. The lowest BCUT2D eigenvalue weighted by Crippen LogP contribution is -2.40. The minimum atomic E-state index is -0.509. The Bertz CT molecular complexity index is 1050. The molecule has 1 fully saturated rings. The van der Waals surface area contributed by atoms with Crippen molar-refractivity contribution >= 4 is 23.4 Å². The average molecular weight is 439 g/mol. The highest BCUT2D eigenvalue weighted by Gasteiger charge is 2.35. The molecule has 1 aromatic heterocycles. The van der Waals surface area contributed by atoms with Gasteiger partial charge < -0.3 is 14.3 Å². The lowest BCUT2D eigenvalue weighted by atomic mass is 10.1. The summed E-state index contributed by atoms with van der Waals surface area (Å²) < 4.78 is 5.43. The quantitative estimate of drug-likeness (QED) is 0.620. The molecule has 2 aromatic carbocycles. The van der Waals surface area contributed by atoms with Crippen LogP contribution in [-0.2, 0) is 11.2 Å². The summed E-state index contributed by atoms with van der Waals surface area (Å²) in [5.41, 5.74) is 1.48. The van der Waals surface area contributed by atoms with Crippen molar-refractivity contribution in [1.29, 1.82) is 0 Å². The second-order valence-electron chi connectivity index (χ2n) is 7.56. The number of carbonyl (C=O) groups excluding carboxylic acids is 2. The molecule has 3 aromatic rings. The second-order valence-corrected chi connectivity index (χ2v) is 7.99. The van der Waals surface area contributed by atoms with Gasteiger partial charge in [-0.1, -0.05) is 47.1 Å². The van der Waals surface area contributed by atoms with Gasteiger partial charge in [-0.25, -0.2) is 0 Å². The average Bonchev–Trinajstić information content (AvgIpc) is 3.09. The molecule has 8 heteroatoms. The Morgan fingerprint density at radius 1 is 1.10 bits per heavy atom. The van der Waals surface area contributed by atoms with Gasteiger partial charge in [0.05, 0.1) is 13.0 Å². The van der Waals surface area contributed by atoms with Gasteiger partial charge in [0.25, 0.3) is 11.8 Å². The lowest BCUT2D eigenvalue weighted by molar-refractivity contribution is -0.130. The molecule has 1 saturated heterocycles. The molecule has 7 nitrogen and oxygen atoms in total. The molecule has 0 saturated carbocycles. The number of amides is 2. The van der Waals surface area contributed by atoms with Gasteiger partial charge in [-0.05, 0) is 43.2 Å². The summed E-state index contributed by atoms with van der Waals surface area (Å²) in [5, 5.41) is 4.53. The van der Waals surface area contributed by atoms with E-state index in [1.807, 2.05) is 30.3 Å². The van der Waals surface area contributed by atoms with E-state index in [9.17, 15) is 9.59 Å². The summed E-state index contributed by atoms with van der Waals surface area (Å²) in [6.07, 6.45) is 0.925. The number of aryl methyl sites for hydroxylation is 1. The van der Waals surface area contributed by atoms with Crippen molar-refractivity contribution in [3.63, 3.8) is 0 Å². The van der Waals surface area contributed by atoms with Crippen molar-refractivity contribution in [2.24, 2.45) is 0 Å². The van der Waals surface area contributed by atoms with E-state index in [4.69, 9.17) is 16.1 Å². The Hall–Kier alpha value is -3.19. The molecule has 0 aliphatic carbocycles. The molecule has 0 spiro atoms. The number of benzene rings is 2. The summed E-state index contributed by atoms with van der Waals surface area (Å²) in [5.74, 6) is 0.699. The van der Waals surface area contributed by atoms with Crippen molar-refractivity contribution < 1.29 is 14.1 Å². The molecule has 1 unspecified atom stereocenters. The van der Waals surface area contributed by atoms with Crippen LogP contribution in [0, 0.1) is 6.92 Å². The molecule has 160 valence electrons. The van der Waals surface area contributed by atoms with Gasteiger partial charge in [0, 0.05) is 23.7 Å². The van der Waals surface area contributed by atoms with E-state index >= 15 is 0 Å². The van der Waals surface area contributed by atoms with Crippen LogP contribution >= 0.6 is 11.6 Å². The van der Waals surface area contributed by atoms with E-state index < -0.39 is 6.04 Å². The maximum absolute atomic E-state index is 13.3. The maximum atomic E-state index is 13.3. The van der Waals surface area contributed by atoms with Gasteiger partial charge in [-0.15, -0.1) is 0 Å². The number of hydrogen-bond acceptors (Lipinski definition) is 5. The van der Waals surface area contributed by atoms with E-state index in [2.05, 4.69) is 10.1 Å². The molecule has 2 amide bonds. The topological polar surface area (TPSA) is 79.5 Å². The van der Waals surface area contributed by atoms with E-state index in [1.54, 1.807) is 41.0 Å². The minimum absolute atomic E-state index is 0.0161. The highest BCUT2D eigenvalue weighted by Crippen LogP contribution is 2.26. The first-order valence-electron chi connectivity index (χ1n) is 10.2. The fourth-order valence-corrected chi connectivity index (χ4v) is 3.88. The molecule has 2 heterocycles. The fraction of sp³-hybridized carbons (Fsp3) is 0.304. The molecule has 1 atom stereocenters. The van der Waals surface area contributed by atoms with Gasteiger partial charge in [0.2, 0.25) is 5.91 Å². The number of halogens is 1. The Balaban J connectivity index is 1.58. The number of rotatable bonds is 4. The van der Waals surface area contributed by atoms with Crippen LogP contribution in [0.2, 0.25) is 5.02 Å². The predicted octanol–water partition coefficient (Wildman–Crippen LogP) is 3.69. The van der Waals surface area contributed by atoms with Crippen LogP contribution in [0.3, 0.4) is 0 Å². The highest BCUT2D eigenvalue weighted by molar-refractivity contribution is 6.30. The number of nitrogens with zero attached hydrogens (tertiary/aromatic N) is 4. The summed E-state index contributed by atoms with van der Waals surface area (Å²) >= 11 is 5.95. The normalized spacial score (nSPS) is 16.8. The van der Waals surface area contributed by atoms with Crippen molar-refractivity contribution in [3.8, 4) is 0 Å². The number of aromatic nitrogens is 2. The van der Waals surface area contributed by atoms with Crippen LogP contribution in [0.5, 0.6) is 0 Å². The maximum Gasteiger partial charge on any atom is 0.254 e. The van der Waals surface area contributed by atoms with E-state index in [-0.39, 0.29) is 18.2 Å². The summed E-state index contributed by atoms with van der Waals surface area (Å²) in [7, 11) is 0. The van der Waals surface area contributed by atoms with Crippen molar-refractivity contribution in [2.45, 2.75) is 25.8 Å². The smallest absolute Gasteiger partial charge is 0.254 e. The Kier molecular flexibility index (Phi) is 6.32. The fourth-order valence-electron chi connectivity index (χ4n) is 3.75. The highest BCUT2D eigenvalue weighted by atomic mass is 35.5. The van der Waals surface area contributed by atoms with Crippen LogP contribution in [0.1, 0.15) is 40.1 Å². The summed E-state index contributed by atoms with van der Waals surface area (Å²) in [6.45, 7) is 3.07. The van der Waals surface area contributed by atoms with E-state index in [1.165, 1.54) is 0 Å². The zero-order chi connectivity index (χ0) is 21.8. The zero-order valence-corrected chi connectivity index (χ0v) is 18.0. The Morgan fingerprint density at radius 2 is 1.84 bits per heavy atom. The Labute approximate surface area is 185 Å². The first-order chi connectivity index (χ1) is 15.0. The molecule has 4 rings (SSSR count). The van der Waals surface area contributed by atoms with Gasteiger partial charge >= 0.3 is 0 Å². The summed E-state index contributed by atoms with van der Waals surface area (Å²) in [6, 6.07) is 15.8. The van der Waals surface area contributed by atoms with Crippen molar-refractivity contribution in [2.75, 3.05) is 19.6 Å². The summed E-state index contributed by atoms with van der Waals surface area (Å²) in [4.78, 5) is 34.2. The molecular weight excluding hydrogens is 416 g/mol. The molecule has 31 heavy (non-hydrogen) atoms. The van der Waals surface area contributed by atoms with Crippen molar-refractivity contribution in [3.05, 3.63) is 82.5 Å². The Morgan fingerprint density at radius 3 is 2.52 bits per heavy atom. The van der Waals surface area contributed by atoms with Gasteiger partial charge in [-0.3, -0.25) is 9.59 Å². The standard InChI is InChI=1S/C23H23ClN4O3/c1-16-25-22(31-26-16)20-15-27(21(29)14-17-8-10-19(24)11-9-17)12-5-13-28(20)23(30)18-6-3-2-4-7-18/h2-4,6-11,20H,5,12-15H2,1H3. The first-order valence-corrected chi connectivity index (χ1v) is 10.6. The predicted molar refractivity (Wildman–Crippen MR) is 116 cm³/mol. The lowest BCUT2D eigenvalue weighted by Gasteiger charge is -2.29. The van der Waals surface area contributed by atoms with Crippen LogP contribution in [0.4, 0.5) is 0 Å². The largest absolute Gasteiger partial charge is 0.340 e. The van der Waals surface area contributed by atoms with Gasteiger partial charge in [0.15, 0.2) is 5.82 Å². The molecule has 0 radical (unpaired) electrons. The molecule has 0 bridgehead atoms. The van der Waals surface area contributed by atoms with E-state index in [0.29, 0.717) is 48.4 Å². The van der Waals surface area contributed by atoms with Crippen LogP contribution in [0.25, 0.3) is 0 Å². The third-order valence-electron chi connectivity index (χ3n) is 5.33. The number of hydrogen-bond donors (Lipinski definition) is 0. The second kappa shape index (κ2) is 9.31. The van der Waals surface area contributed by atoms with Crippen LogP contribution < -0.4 is 0 Å². The minimum Gasteiger partial charge on any atom is -0.340 e. The first kappa shape index (κ1) is 21.1. The van der Waals surface area contributed by atoms with Crippen LogP contribution in [0.15, 0.2) is 59.1 Å². The monoisotopic (exact) mass is 438 g/mol. The van der Waals surface area contributed by atoms with Gasteiger partial charge in [0.1, 0.15) is 6.04 Å². The van der Waals surface area contributed by atoms with Crippen LogP contribution in [-0.4, -0.2) is 51.4 Å². The molecular formula is C23H23ClN4O3. The van der Waals surface area contributed by atoms with Gasteiger partial charge in [-0.2, -0.15) is 4.98 Å². The van der Waals surface area contributed by atoms with Crippen molar-refractivity contribution in [1.82, 2.24) is 19.9 Å². The third kappa shape index (κ3) is 4.94. The van der Waals surface area contributed by atoms with E-state index in [0.717, 1.165) is 5.56 Å². The molecule has 0 N–H and O–H groups in total. The molecule has 1 aliphatic rings.